The van der Waals surface area contributed by atoms with Crippen LogP contribution in [0.1, 0.15) is 30.0 Å². The molecule has 0 spiro atoms. The standard InChI is InChI=1S/C18H19N5O3S/c1-10(24)13-4-6-14(7-5-13)20-17(25)12(3)27-18-22-21-16(23(18)19)15-8-9-26-11(15)2/h4-9,12H,19H2,1-3H3,(H,20,25). The van der Waals surface area contributed by atoms with Gasteiger partial charge in [0.1, 0.15) is 5.76 Å². The predicted molar refractivity (Wildman–Crippen MR) is 103 cm³/mol. The third kappa shape index (κ3) is 4.03. The number of furan rings is 1. The zero-order valence-corrected chi connectivity index (χ0v) is 15.9. The highest BCUT2D eigenvalue weighted by atomic mass is 32.2. The number of amides is 1. The van der Waals surface area contributed by atoms with Gasteiger partial charge in [-0.2, -0.15) is 0 Å². The second-order valence-electron chi connectivity index (χ2n) is 5.95. The Morgan fingerprint density at radius 3 is 2.52 bits per heavy atom. The van der Waals surface area contributed by atoms with E-state index in [-0.39, 0.29) is 11.7 Å². The van der Waals surface area contributed by atoms with Gasteiger partial charge in [0.2, 0.25) is 11.1 Å². The number of Topliss-reactive ketones (excluding diaryl/α,β-unsaturated/α-hetero) is 1. The fourth-order valence-corrected chi connectivity index (χ4v) is 3.17. The second kappa shape index (κ2) is 7.67. The molecule has 1 unspecified atom stereocenters. The minimum absolute atomic E-state index is 0.0252. The summed E-state index contributed by atoms with van der Waals surface area (Å²) in [6.45, 7) is 5.06. The number of nitrogens with two attached hydrogens (primary N) is 1. The van der Waals surface area contributed by atoms with Crippen molar-refractivity contribution < 1.29 is 14.0 Å². The minimum Gasteiger partial charge on any atom is -0.469 e. The van der Waals surface area contributed by atoms with Crippen LogP contribution in [0.3, 0.4) is 0 Å². The molecule has 8 nitrogen and oxygen atoms in total. The molecule has 140 valence electrons. The van der Waals surface area contributed by atoms with Crippen LogP contribution in [0.2, 0.25) is 0 Å². The topological polar surface area (TPSA) is 116 Å². The van der Waals surface area contributed by atoms with Crippen LogP contribution in [0.25, 0.3) is 11.4 Å². The van der Waals surface area contributed by atoms with E-state index in [2.05, 4.69) is 15.5 Å². The SMILES string of the molecule is CC(=O)c1ccc(NC(=O)C(C)Sc2nnc(-c3ccoc3C)n2N)cc1. The van der Waals surface area contributed by atoms with E-state index >= 15 is 0 Å². The van der Waals surface area contributed by atoms with E-state index in [1.54, 1.807) is 43.5 Å². The number of anilines is 1. The number of ketones is 1. The summed E-state index contributed by atoms with van der Waals surface area (Å²) >= 11 is 1.20. The summed E-state index contributed by atoms with van der Waals surface area (Å²) in [7, 11) is 0. The van der Waals surface area contributed by atoms with Gasteiger partial charge in [0.05, 0.1) is 17.1 Å². The second-order valence-corrected chi connectivity index (χ2v) is 7.26. The Bertz CT molecular complexity index is 977. The Hall–Kier alpha value is -3.07. The molecule has 0 radical (unpaired) electrons. The number of hydrogen-bond acceptors (Lipinski definition) is 7. The molecule has 1 atom stereocenters. The Morgan fingerprint density at radius 1 is 1.22 bits per heavy atom. The van der Waals surface area contributed by atoms with E-state index in [9.17, 15) is 9.59 Å². The van der Waals surface area contributed by atoms with E-state index in [4.69, 9.17) is 10.3 Å². The first-order chi connectivity index (χ1) is 12.9. The van der Waals surface area contributed by atoms with Crippen LogP contribution in [0.4, 0.5) is 5.69 Å². The normalized spacial score (nSPS) is 12.0. The number of aryl methyl sites for hydroxylation is 1. The highest BCUT2D eigenvalue weighted by Crippen LogP contribution is 2.27. The van der Waals surface area contributed by atoms with Crippen molar-refractivity contribution in [3.05, 3.63) is 47.9 Å². The molecule has 1 amide bonds. The smallest absolute Gasteiger partial charge is 0.237 e. The lowest BCUT2D eigenvalue weighted by molar-refractivity contribution is -0.115. The van der Waals surface area contributed by atoms with Crippen molar-refractivity contribution >= 4 is 29.1 Å². The summed E-state index contributed by atoms with van der Waals surface area (Å²) < 4.78 is 6.60. The van der Waals surface area contributed by atoms with Gasteiger partial charge < -0.3 is 15.6 Å². The average molecular weight is 385 g/mol. The molecule has 2 heterocycles. The Balaban J connectivity index is 1.67. The zero-order valence-electron chi connectivity index (χ0n) is 15.1. The molecule has 0 aliphatic rings. The highest BCUT2D eigenvalue weighted by molar-refractivity contribution is 8.00. The molecule has 27 heavy (non-hydrogen) atoms. The third-order valence-electron chi connectivity index (χ3n) is 3.97. The number of thioether (sulfide) groups is 1. The van der Waals surface area contributed by atoms with Gasteiger partial charge in [-0.05, 0) is 51.1 Å². The minimum atomic E-state index is -0.456. The van der Waals surface area contributed by atoms with Crippen LogP contribution in [0.5, 0.6) is 0 Å². The van der Waals surface area contributed by atoms with Crippen molar-refractivity contribution in [2.24, 2.45) is 0 Å². The molecule has 3 aromatic rings. The molecule has 3 rings (SSSR count). The van der Waals surface area contributed by atoms with Crippen LogP contribution in [-0.4, -0.2) is 31.8 Å². The molecule has 0 aliphatic heterocycles. The predicted octanol–water partition coefficient (Wildman–Crippen LogP) is 2.88. The fraction of sp³-hybridized carbons (Fsp3) is 0.222. The molecule has 0 bridgehead atoms. The van der Waals surface area contributed by atoms with Crippen LogP contribution in [0, 0.1) is 6.92 Å². The highest BCUT2D eigenvalue weighted by Gasteiger charge is 2.21. The fourth-order valence-electron chi connectivity index (χ4n) is 2.40. The summed E-state index contributed by atoms with van der Waals surface area (Å²) in [6.07, 6.45) is 1.56. The largest absolute Gasteiger partial charge is 0.469 e. The molecular weight excluding hydrogens is 366 g/mol. The molecule has 3 N–H and O–H groups in total. The molecule has 0 saturated carbocycles. The van der Waals surface area contributed by atoms with Crippen molar-refractivity contribution in [1.82, 2.24) is 14.9 Å². The zero-order chi connectivity index (χ0) is 19.6. The van der Waals surface area contributed by atoms with Crippen molar-refractivity contribution in [3.63, 3.8) is 0 Å². The Kier molecular flexibility index (Phi) is 5.31. The van der Waals surface area contributed by atoms with Crippen LogP contribution >= 0.6 is 11.8 Å². The number of carbonyl (C=O) groups is 2. The average Bonchev–Trinajstić information content (AvgIpc) is 3.21. The first kappa shape index (κ1) is 18.7. The number of nitrogens with zero attached hydrogens (tertiary/aromatic N) is 3. The monoisotopic (exact) mass is 385 g/mol. The van der Waals surface area contributed by atoms with Gasteiger partial charge in [-0.1, -0.05) is 11.8 Å². The number of carbonyl (C=O) groups excluding carboxylic acids is 2. The summed E-state index contributed by atoms with van der Waals surface area (Å²) in [5, 5.41) is 10.9. The molecule has 0 aliphatic carbocycles. The van der Waals surface area contributed by atoms with Gasteiger partial charge >= 0.3 is 0 Å². The van der Waals surface area contributed by atoms with Gasteiger partial charge in [-0.15, -0.1) is 10.2 Å². The first-order valence-corrected chi connectivity index (χ1v) is 9.08. The van der Waals surface area contributed by atoms with Gasteiger partial charge in [0, 0.05) is 11.3 Å². The van der Waals surface area contributed by atoms with Gasteiger partial charge in [0.15, 0.2) is 11.6 Å². The maximum absolute atomic E-state index is 12.4. The first-order valence-electron chi connectivity index (χ1n) is 8.20. The number of nitrogen functional groups attached to an aromatic ring is 1. The number of rotatable bonds is 6. The van der Waals surface area contributed by atoms with Gasteiger partial charge in [-0.25, -0.2) is 4.68 Å². The van der Waals surface area contributed by atoms with Gasteiger partial charge in [0.25, 0.3) is 0 Å². The van der Waals surface area contributed by atoms with E-state index in [1.165, 1.54) is 23.4 Å². The van der Waals surface area contributed by atoms with E-state index in [1.807, 2.05) is 6.92 Å². The quantitative estimate of drug-likeness (QED) is 0.381. The summed E-state index contributed by atoms with van der Waals surface area (Å²) in [5.74, 6) is 7.00. The molecule has 1 aromatic carbocycles. The molecule has 0 fully saturated rings. The van der Waals surface area contributed by atoms with Crippen molar-refractivity contribution in [1.29, 1.82) is 0 Å². The Labute approximate surface area is 160 Å². The van der Waals surface area contributed by atoms with Crippen LogP contribution in [-0.2, 0) is 4.79 Å². The number of nitrogens with one attached hydrogen (secondary N) is 1. The lowest BCUT2D eigenvalue weighted by Crippen LogP contribution is -2.23. The maximum Gasteiger partial charge on any atom is 0.237 e. The van der Waals surface area contributed by atoms with Crippen molar-refractivity contribution in [3.8, 4) is 11.4 Å². The molecule has 2 aromatic heterocycles. The van der Waals surface area contributed by atoms with Crippen LogP contribution in [0.15, 0.2) is 46.2 Å². The van der Waals surface area contributed by atoms with Gasteiger partial charge in [-0.3, -0.25) is 9.59 Å². The summed E-state index contributed by atoms with van der Waals surface area (Å²) in [6, 6.07) is 8.49. The summed E-state index contributed by atoms with van der Waals surface area (Å²) in [4.78, 5) is 23.7. The number of hydrogen-bond donors (Lipinski definition) is 2. The third-order valence-corrected chi connectivity index (χ3v) is 5.03. The Morgan fingerprint density at radius 2 is 1.93 bits per heavy atom. The van der Waals surface area contributed by atoms with Crippen molar-refractivity contribution in [2.75, 3.05) is 11.2 Å². The number of aromatic nitrogens is 3. The van der Waals surface area contributed by atoms with Crippen LogP contribution < -0.4 is 11.2 Å². The van der Waals surface area contributed by atoms with E-state index in [0.29, 0.717) is 28.0 Å². The molecule has 0 saturated heterocycles. The summed E-state index contributed by atoms with van der Waals surface area (Å²) in [5.41, 5.74) is 1.95. The molecule has 9 heteroatoms. The van der Waals surface area contributed by atoms with Crippen molar-refractivity contribution in [2.45, 2.75) is 31.2 Å². The molecular formula is C18H19N5O3S. The van der Waals surface area contributed by atoms with E-state index < -0.39 is 5.25 Å². The lowest BCUT2D eigenvalue weighted by atomic mass is 10.1. The lowest BCUT2D eigenvalue weighted by Gasteiger charge is -2.11. The number of benzene rings is 1. The maximum atomic E-state index is 12.4. The van der Waals surface area contributed by atoms with E-state index in [0.717, 1.165) is 5.56 Å².